The fourth-order valence-corrected chi connectivity index (χ4v) is 3.40. The standard InChI is InChI=1S/C21H18ClFN4O/c22-17-3-1-2-16(14-17)21(28)27-12-10-26(11-13-27)20-9-8-19(24-25-20)15-4-6-18(23)7-5-15/h1-9,14H,10-13H2. The Kier molecular flexibility index (Phi) is 5.21. The number of piperazine rings is 1. The van der Waals surface area contributed by atoms with Crippen LogP contribution in [0.4, 0.5) is 10.2 Å². The highest BCUT2D eigenvalue weighted by atomic mass is 35.5. The molecule has 2 heterocycles. The first-order chi connectivity index (χ1) is 13.6. The molecule has 1 amide bonds. The first kappa shape index (κ1) is 18.4. The molecule has 1 saturated heterocycles. The molecule has 1 aliphatic rings. The molecule has 0 bridgehead atoms. The molecule has 2 aromatic carbocycles. The topological polar surface area (TPSA) is 49.3 Å². The Balaban J connectivity index is 1.39. The maximum Gasteiger partial charge on any atom is 0.254 e. The normalized spacial score (nSPS) is 14.2. The summed E-state index contributed by atoms with van der Waals surface area (Å²) in [6, 6.07) is 16.9. The van der Waals surface area contributed by atoms with Gasteiger partial charge >= 0.3 is 0 Å². The lowest BCUT2D eigenvalue weighted by atomic mass is 10.1. The van der Waals surface area contributed by atoms with Crippen LogP contribution in [0.3, 0.4) is 0 Å². The molecule has 0 N–H and O–H groups in total. The Labute approximate surface area is 167 Å². The predicted octanol–water partition coefficient (Wildman–Crippen LogP) is 3.90. The number of hydrogen-bond donors (Lipinski definition) is 0. The molecule has 0 spiro atoms. The third kappa shape index (κ3) is 3.97. The first-order valence-corrected chi connectivity index (χ1v) is 9.37. The van der Waals surface area contributed by atoms with Crippen molar-refractivity contribution in [1.82, 2.24) is 15.1 Å². The van der Waals surface area contributed by atoms with E-state index in [0.717, 1.165) is 11.4 Å². The van der Waals surface area contributed by atoms with Crippen LogP contribution in [0.15, 0.2) is 60.7 Å². The average Bonchev–Trinajstić information content (AvgIpc) is 2.74. The summed E-state index contributed by atoms with van der Waals surface area (Å²) in [6.07, 6.45) is 0. The van der Waals surface area contributed by atoms with E-state index in [9.17, 15) is 9.18 Å². The molecule has 7 heteroatoms. The maximum absolute atomic E-state index is 13.0. The molecule has 0 saturated carbocycles. The largest absolute Gasteiger partial charge is 0.352 e. The van der Waals surface area contributed by atoms with Gasteiger partial charge in [-0.2, -0.15) is 0 Å². The van der Waals surface area contributed by atoms with E-state index in [1.807, 2.05) is 17.0 Å². The van der Waals surface area contributed by atoms with Crippen molar-refractivity contribution < 1.29 is 9.18 Å². The van der Waals surface area contributed by atoms with Crippen molar-refractivity contribution in [3.63, 3.8) is 0 Å². The minimum Gasteiger partial charge on any atom is -0.352 e. The van der Waals surface area contributed by atoms with Gasteiger partial charge in [-0.15, -0.1) is 10.2 Å². The molecule has 0 unspecified atom stereocenters. The van der Waals surface area contributed by atoms with Crippen LogP contribution in [-0.2, 0) is 0 Å². The van der Waals surface area contributed by atoms with Gasteiger partial charge in [0, 0.05) is 42.3 Å². The SMILES string of the molecule is O=C(c1cccc(Cl)c1)N1CCN(c2ccc(-c3ccc(F)cc3)nn2)CC1. The van der Waals surface area contributed by atoms with Crippen LogP contribution in [0.2, 0.25) is 5.02 Å². The van der Waals surface area contributed by atoms with Gasteiger partial charge in [0.2, 0.25) is 0 Å². The van der Waals surface area contributed by atoms with Crippen molar-refractivity contribution in [2.24, 2.45) is 0 Å². The molecule has 1 fully saturated rings. The van der Waals surface area contributed by atoms with Gasteiger partial charge in [-0.1, -0.05) is 17.7 Å². The van der Waals surface area contributed by atoms with Gasteiger partial charge < -0.3 is 9.80 Å². The number of anilines is 1. The molecule has 28 heavy (non-hydrogen) atoms. The van der Waals surface area contributed by atoms with E-state index in [1.54, 1.807) is 36.4 Å². The van der Waals surface area contributed by atoms with Crippen LogP contribution in [0, 0.1) is 5.82 Å². The molecular weight excluding hydrogens is 379 g/mol. The zero-order valence-electron chi connectivity index (χ0n) is 15.1. The molecule has 0 radical (unpaired) electrons. The van der Waals surface area contributed by atoms with Crippen LogP contribution in [0.1, 0.15) is 10.4 Å². The Hall–Kier alpha value is -2.99. The van der Waals surface area contributed by atoms with Gasteiger partial charge in [-0.3, -0.25) is 4.79 Å². The lowest BCUT2D eigenvalue weighted by molar-refractivity contribution is 0.0746. The van der Waals surface area contributed by atoms with Gasteiger partial charge in [0.15, 0.2) is 5.82 Å². The lowest BCUT2D eigenvalue weighted by Gasteiger charge is -2.35. The van der Waals surface area contributed by atoms with Crippen LogP contribution in [0.25, 0.3) is 11.3 Å². The van der Waals surface area contributed by atoms with Crippen molar-refractivity contribution in [2.45, 2.75) is 0 Å². The number of amides is 1. The monoisotopic (exact) mass is 396 g/mol. The predicted molar refractivity (Wildman–Crippen MR) is 107 cm³/mol. The lowest BCUT2D eigenvalue weighted by Crippen LogP contribution is -2.49. The fraction of sp³-hybridized carbons (Fsp3) is 0.190. The highest BCUT2D eigenvalue weighted by molar-refractivity contribution is 6.30. The summed E-state index contributed by atoms with van der Waals surface area (Å²) in [5.41, 5.74) is 2.11. The zero-order chi connectivity index (χ0) is 19.5. The average molecular weight is 397 g/mol. The van der Waals surface area contributed by atoms with E-state index in [1.165, 1.54) is 12.1 Å². The zero-order valence-corrected chi connectivity index (χ0v) is 15.8. The minimum atomic E-state index is -0.279. The summed E-state index contributed by atoms with van der Waals surface area (Å²) < 4.78 is 13.0. The van der Waals surface area contributed by atoms with Crippen molar-refractivity contribution in [1.29, 1.82) is 0 Å². The second kappa shape index (κ2) is 7.94. The molecule has 4 rings (SSSR count). The highest BCUT2D eigenvalue weighted by Gasteiger charge is 2.23. The number of nitrogens with zero attached hydrogens (tertiary/aromatic N) is 4. The Morgan fingerprint density at radius 3 is 2.32 bits per heavy atom. The molecule has 0 aliphatic carbocycles. The van der Waals surface area contributed by atoms with E-state index < -0.39 is 0 Å². The summed E-state index contributed by atoms with van der Waals surface area (Å²) in [4.78, 5) is 16.5. The minimum absolute atomic E-state index is 0.0140. The summed E-state index contributed by atoms with van der Waals surface area (Å²) in [7, 11) is 0. The smallest absolute Gasteiger partial charge is 0.254 e. The van der Waals surface area contributed by atoms with Crippen LogP contribution in [0.5, 0.6) is 0 Å². The molecule has 5 nitrogen and oxygen atoms in total. The van der Waals surface area contributed by atoms with Crippen LogP contribution in [-0.4, -0.2) is 47.2 Å². The molecule has 1 aromatic heterocycles. The van der Waals surface area contributed by atoms with E-state index in [2.05, 4.69) is 15.1 Å². The van der Waals surface area contributed by atoms with Crippen molar-refractivity contribution >= 4 is 23.3 Å². The summed E-state index contributed by atoms with van der Waals surface area (Å²) in [5.74, 6) is 0.471. The Morgan fingerprint density at radius 1 is 0.929 bits per heavy atom. The van der Waals surface area contributed by atoms with Crippen molar-refractivity contribution in [3.8, 4) is 11.3 Å². The maximum atomic E-state index is 13.0. The molecule has 1 aliphatic heterocycles. The van der Waals surface area contributed by atoms with Crippen molar-refractivity contribution in [2.75, 3.05) is 31.1 Å². The van der Waals surface area contributed by atoms with Crippen molar-refractivity contribution in [3.05, 3.63) is 77.1 Å². The highest BCUT2D eigenvalue weighted by Crippen LogP contribution is 2.20. The second-order valence-electron chi connectivity index (χ2n) is 6.57. The summed E-state index contributed by atoms with van der Waals surface area (Å²) >= 11 is 5.98. The first-order valence-electron chi connectivity index (χ1n) is 8.99. The molecule has 142 valence electrons. The van der Waals surface area contributed by atoms with Gasteiger partial charge in [0.1, 0.15) is 5.82 Å². The number of carbonyl (C=O) groups excluding carboxylic acids is 1. The third-order valence-electron chi connectivity index (χ3n) is 4.75. The Bertz CT molecular complexity index is 970. The second-order valence-corrected chi connectivity index (χ2v) is 7.01. The fourth-order valence-electron chi connectivity index (χ4n) is 3.21. The summed E-state index contributed by atoms with van der Waals surface area (Å²) in [5, 5.41) is 9.11. The molecule has 0 atom stereocenters. The number of benzene rings is 2. The summed E-state index contributed by atoms with van der Waals surface area (Å²) in [6.45, 7) is 2.56. The van der Waals surface area contributed by atoms with Gasteiger partial charge in [-0.05, 0) is 54.6 Å². The quantitative estimate of drug-likeness (QED) is 0.673. The van der Waals surface area contributed by atoms with Gasteiger partial charge in [0.25, 0.3) is 5.91 Å². The van der Waals surface area contributed by atoms with Gasteiger partial charge in [0.05, 0.1) is 5.69 Å². The number of carbonyl (C=O) groups is 1. The third-order valence-corrected chi connectivity index (χ3v) is 4.99. The number of aromatic nitrogens is 2. The molecular formula is C21H18ClFN4O. The van der Waals surface area contributed by atoms with E-state index in [0.29, 0.717) is 42.5 Å². The van der Waals surface area contributed by atoms with Gasteiger partial charge in [-0.25, -0.2) is 4.39 Å². The van der Waals surface area contributed by atoms with E-state index >= 15 is 0 Å². The number of rotatable bonds is 3. The Morgan fingerprint density at radius 2 is 1.68 bits per heavy atom. The number of halogens is 2. The number of hydrogen-bond acceptors (Lipinski definition) is 4. The van der Waals surface area contributed by atoms with E-state index in [4.69, 9.17) is 11.6 Å². The van der Waals surface area contributed by atoms with Crippen LogP contribution < -0.4 is 4.90 Å². The van der Waals surface area contributed by atoms with E-state index in [-0.39, 0.29) is 11.7 Å². The van der Waals surface area contributed by atoms with Crippen LogP contribution >= 0.6 is 11.6 Å². The molecule has 3 aromatic rings.